The first-order chi connectivity index (χ1) is 9.27. The van der Waals surface area contributed by atoms with Gasteiger partial charge in [0.05, 0.1) is 12.2 Å². The lowest BCUT2D eigenvalue weighted by Crippen LogP contribution is -2.13. The molecule has 0 spiro atoms. The molecule has 1 aromatic heterocycles. The Morgan fingerprint density at radius 1 is 1.30 bits per heavy atom. The van der Waals surface area contributed by atoms with Gasteiger partial charge in [0.2, 0.25) is 0 Å². The molecule has 0 bridgehead atoms. The van der Waals surface area contributed by atoms with E-state index < -0.39 is 5.24 Å². The van der Waals surface area contributed by atoms with Crippen molar-refractivity contribution >= 4 is 32.8 Å². The van der Waals surface area contributed by atoms with Crippen molar-refractivity contribution in [3.8, 4) is 0 Å². The van der Waals surface area contributed by atoms with Crippen LogP contribution in [0, 0.1) is 0 Å². The van der Waals surface area contributed by atoms with Crippen LogP contribution in [0.3, 0.4) is 0 Å². The zero-order valence-corrected chi connectivity index (χ0v) is 14.0. The van der Waals surface area contributed by atoms with Crippen LogP contribution >= 0.6 is 27.5 Å². The summed E-state index contributed by atoms with van der Waals surface area (Å²) >= 11 is 9.06. The van der Waals surface area contributed by atoms with Crippen molar-refractivity contribution in [2.75, 3.05) is 0 Å². The fraction of sp³-hybridized carbons (Fsp3) is 0.333. The summed E-state index contributed by atoms with van der Waals surface area (Å²) in [6, 6.07) is 9.68. The van der Waals surface area contributed by atoms with Crippen LogP contribution in [0.25, 0.3) is 0 Å². The normalized spacial score (nSPS) is 11.7. The lowest BCUT2D eigenvalue weighted by atomic mass is 9.92. The molecule has 2 aromatic rings. The minimum atomic E-state index is -0.481. The fourth-order valence-corrected chi connectivity index (χ4v) is 2.24. The predicted octanol–water partition coefficient (Wildman–Crippen LogP) is 4.37. The Hall–Kier alpha value is -1.13. The standard InChI is InChI=1S/C15H16BrClN2O/c1-15(2,3)13-8-12(14(17)20)19(18-13)9-10-4-6-11(16)7-5-10/h4-8H,9H2,1-3H3. The van der Waals surface area contributed by atoms with Gasteiger partial charge in [-0.25, -0.2) is 0 Å². The van der Waals surface area contributed by atoms with Crippen molar-refractivity contribution in [1.29, 1.82) is 0 Å². The van der Waals surface area contributed by atoms with Gasteiger partial charge in [-0.15, -0.1) is 0 Å². The molecule has 0 radical (unpaired) electrons. The van der Waals surface area contributed by atoms with Gasteiger partial charge in [0, 0.05) is 9.89 Å². The summed E-state index contributed by atoms with van der Waals surface area (Å²) in [7, 11) is 0. The molecule has 0 saturated carbocycles. The van der Waals surface area contributed by atoms with E-state index in [1.54, 1.807) is 10.7 Å². The van der Waals surface area contributed by atoms with Crippen LogP contribution < -0.4 is 0 Å². The molecular formula is C15H16BrClN2O. The zero-order chi connectivity index (χ0) is 14.9. The zero-order valence-electron chi connectivity index (χ0n) is 11.7. The Balaban J connectivity index is 2.37. The van der Waals surface area contributed by atoms with E-state index in [-0.39, 0.29) is 5.41 Å². The van der Waals surface area contributed by atoms with E-state index in [4.69, 9.17) is 11.6 Å². The van der Waals surface area contributed by atoms with E-state index in [9.17, 15) is 4.79 Å². The molecule has 0 unspecified atom stereocenters. The Kier molecular flexibility index (Phi) is 4.35. The Labute approximate surface area is 132 Å². The van der Waals surface area contributed by atoms with Gasteiger partial charge in [-0.2, -0.15) is 5.10 Å². The summed E-state index contributed by atoms with van der Waals surface area (Å²) in [6.45, 7) is 6.70. The summed E-state index contributed by atoms with van der Waals surface area (Å²) in [5.74, 6) is 0. The lowest BCUT2D eigenvalue weighted by molar-refractivity contribution is 0.107. The molecule has 0 aliphatic carbocycles. The molecule has 106 valence electrons. The molecule has 20 heavy (non-hydrogen) atoms. The highest BCUT2D eigenvalue weighted by Gasteiger charge is 2.22. The molecule has 1 aromatic carbocycles. The van der Waals surface area contributed by atoms with Gasteiger partial charge in [0.1, 0.15) is 5.69 Å². The van der Waals surface area contributed by atoms with Crippen LogP contribution in [0.4, 0.5) is 0 Å². The summed E-state index contributed by atoms with van der Waals surface area (Å²) in [4.78, 5) is 11.5. The van der Waals surface area contributed by atoms with Crippen LogP contribution in [0.1, 0.15) is 42.5 Å². The smallest absolute Gasteiger partial charge is 0.270 e. The van der Waals surface area contributed by atoms with Crippen molar-refractivity contribution < 1.29 is 4.79 Å². The summed E-state index contributed by atoms with van der Waals surface area (Å²) < 4.78 is 2.69. The van der Waals surface area contributed by atoms with E-state index >= 15 is 0 Å². The van der Waals surface area contributed by atoms with Crippen LogP contribution in [0.2, 0.25) is 0 Å². The maximum atomic E-state index is 11.5. The molecule has 3 nitrogen and oxygen atoms in total. The number of rotatable bonds is 3. The topological polar surface area (TPSA) is 34.9 Å². The van der Waals surface area contributed by atoms with E-state index in [0.29, 0.717) is 12.2 Å². The second kappa shape index (κ2) is 5.70. The number of benzene rings is 1. The van der Waals surface area contributed by atoms with Gasteiger partial charge < -0.3 is 0 Å². The fourth-order valence-electron chi connectivity index (χ4n) is 1.82. The highest BCUT2D eigenvalue weighted by molar-refractivity contribution is 9.10. The maximum Gasteiger partial charge on any atom is 0.270 e. The average Bonchev–Trinajstić information content (AvgIpc) is 2.76. The first-order valence-electron chi connectivity index (χ1n) is 6.30. The second-order valence-electron chi connectivity index (χ2n) is 5.72. The molecule has 1 heterocycles. The number of carbonyl (C=O) groups is 1. The molecule has 0 N–H and O–H groups in total. The van der Waals surface area contributed by atoms with Crippen LogP contribution in [-0.4, -0.2) is 15.0 Å². The summed E-state index contributed by atoms with van der Waals surface area (Å²) in [5.41, 5.74) is 2.24. The molecular weight excluding hydrogens is 340 g/mol. The van der Waals surface area contributed by atoms with Gasteiger partial charge in [-0.3, -0.25) is 9.48 Å². The number of halogens is 2. The van der Waals surface area contributed by atoms with E-state index in [2.05, 4.69) is 41.8 Å². The first kappa shape index (κ1) is 15.3. The number of aromatic nitrogens is 2. The Morgan fingerprint density at radius 3 is 2.40 bits per heavy atom. The summed E-state index contributed by atoms with van der Waals surface area (Å²) in [5, 5.41) is 4.04. The van der Waals surface area contributed by atoms with Gasteiger partial charge in [-0.1, -0.05) is 48.8 Å². The van der Waals surface area contributed by atoms with Crippen LogP contribution in [-0.2, 0) is 12.0 Å². The second-order valence-corrected chi connectivity index (χ2v) is 6.98. The molecule has 2 rings (SSSR count). The molecule has 0 saturated heterocycles. The van der Waals surface area contributed by atoms with Crippen LogP contribution in [0.5, 0.6) is 0 Å². The third-order valence-electron chi connectivity index (χ3n) is 3.00. The number of carbonyl (C=O) groups excluding carboxylic acids is 1. The maximum absolute atomic E-state index is 11.5. The van der Waals surface area contributed by atoms with Gasteiger partial charge in [0.25, 0.3) is 5.24 Å². The average molecular weight is 356 g/mol. The van der Waals surface area contributed by atoms with E-state index in [0.717, 1.165) is 15.7 Å². The predicted molar refractivity (Wildman–Crippen MR) is 84.4 cm³/mol. The van der Waals surface area contributed by atoms with Gasteiger partial charge in [0.15, 0.2) is 0 Å². The van der Waals surface area contributed by atoms with Crippen molar-refractivity contribution in [3.05, 3.63) is 51.8 Å². The van der Waals surface area contributed by atoms with Gasteiger partial charge in [-0.05, 0) is 35.4 Å². The SMILES string of the molecule is CC(C)(C)c1cc(C(=O)Cl)n(Cc2ccc(Br)cc2)n1. The van der Waals surface area contributed by atoms with Crippen molar-refractivity contribution in [1.82, 2.24) is 9.78 Å². The lowest BCUT2D eigenvalue weighted by Gasteiger charge is -2.14. The van der Waals surface area contributed by atoms with Gasteiger partial charge >= 0.3 is 0 Å². The number of nitrogens with zero attached hydrogens (tertiary/aromatic N) is 2. The largest absolute Gasteiger partial charge is 0.274 e. The molecule has 0 amide bonds. The highest BCUT2D eigenvalue weighted by atomic mass is 79.9. The third kappa shape index (κ3) is 3.49. The Bertz CT molecular complexity index is 626. The summed E-state index contributed by atoms with van der Waals surface area (Å²) in [6.07, 6.45) is 0. The van der Waals surface area contributed by atoms with Crippen LogP contribution in [0.15, 0.2) is 34.8 Å². The first-order valence-corrected chi connectivity index (χ1v) is 7.47. The minimum absolute atomic E-state index is 0.119. The third-order valence-corrected chi connectivity index (χ3v) is 3.72. The molecule has 5 heteroatoms. The minimum Gasteiger partial charge on any atom is -0.274 e. The number of hydrogen-bond acceptors (Lipinski definition) is 2. The molecule has 0 fully saturated rings. The highest BCUT2D eigenvalue weighted by Crippen LogP contribution is 2.23. The quantitative estimate of drug-likeness (QED) is 0.766. The van der Waals surface area contributed by atoms with Crippen molar-refractivity contribution in [3.63, 3.8) is 0 Å². The van der Waals surface area contributed by atoms with Crippen molar-refractivity contribution in [2.24, 2.45) is 0 Å². The molecule has 0 aliphatic rings. The van der Waals surface area contributed by atoms with E-state index in [1.807, 2.05) is 24.3 Å². The Morgan fingerprint density at radius 2 is 1.90 bits per heavy atom. The monoisotopic (exact) mass is 354 g/mol. The molecule has 0 atom stereocenters. The van der Waals surface area contributed by atoms with E-state index in [1.165, 1.54) is 0 Å². The molecule has 0 aliphatic heterocycles. The van der Waals surface area contributed by atoms with Crippen molar-refractivity contribution in [2.45, 2.75) is 32.7 Å². The number of hydrogen-bond donors (Lipinski definition) is 0.